The summed E-state index contributed by atoms with van der Waals surface area (Å²) in [6.45, 7) is 5.93. The van der Waals surface area contributed by atoms with E-state index < -0.39 is 24.0 Å². The predicted molar refractivity (Wildman–Crippen MR) is 162 cm³/mol. The Balaban J connectivity index is 1.84. The van der Waals surface area contributed by atoms with E-state index in [1.807, 2.05) is 56.3 Å². The van der Waals surface area contributed by atoms with Gasteiger partial charge in [-0.25, -0.2) is 4.79 Å². The van der Waals surface area contributed by atoms with Crippen molar-refractivity contribution in [3.63, 3.8) is 0 Å². The molecule has 0 radical (unpaired) electrons. The minimum absolute atomic E-state index is 0.0555. The summed E-state index contributed by atoms with van der Waals surface area (Å²) in [6, 6.07) is 20.8. The van der Waals surface area contributed by atoms with Crippen LogP contribution in [0.4, 0.5) is 0 Å². The van der Waals surface area contributed by atoms with Crippen LogP contribution in [0.2, 0.25) is 5.02 Å². The summed E-state index contributed by atoms with van der Waals surface area (Å²) in [4.78, 5) is 40.6. The number of primary amides is 1. The highest BCUT2D eigenvalue weighted by molar-refractivity contribution is 6.30. The first-order chi connectivity index (χ1) is 19.7. The van der Waals surface area contributed by atoms with Crippen LogP contribution in [0.15, 0.2) is 72.8 Å². The van der Waals surface area contributed by atoms with Crippen molar-refractivity contribution in [2.75, 3.05) is 19.6 Å². The summed E-state index contributed by atoms with van der Waals surface area (Å²) in [7, 11) is 0. The van der Waals surface area contributed by atoms with Crippen molar-refractivity contribution in [2.45, 2.75) is 51.8 Å². The lowest BCUT2D eigenvalue weighted by Crippen LogP contribution is -2.46. The Morgan fingerprint density at radius 1 is 0.878 bits per heavy atom. The largest absolute Gasteiger partial charge is 0.456 e. The molecule has 0 aliphatic carbocycles. The van der Waals surface area contributed by atoms with Gasteiger partial charge in [-0.05, 0) is 60.7 Å². The van der Waals surface area contributed by atoms with Crippen LogP contribution in [-0.2, 0) is 17.7 Å². The van der Waals surface area contributed by atoms with Crippen molar-refractivity contribution in [3.8, 4) is 0 Å². The Bertz CT molecular complexity index is 1290. The van der Waals surface area contributed by atoms with Gasteiger partial charge in [0.2, 0.25) is 5.91 Å². The Morgan fingerprint density at radius 2 is 1.49 bits per heavy atom. The summed E-state index contributed by atoms with van der Waals surface area (Å²) in [5, 5.41) is 3.94. The van der Waals surface area contributed by atoms with Crippen LogP contribution >= 0.6 is 11.6 Å². The summed E-state index contributed by atoms with van der Waals surface area (Å²) < 4.78 is 5.93. The summed E-state index contributed by atoms with van der Waals surface area (Å²) in [6.07, 6.45) is 1.28. The van der Waals surface area contributed by atoms with Crippen molar-refractivity contribution < 1.29 is 19.1 Å². The maximum atomic E-state index is 13.5. The Hall–Kier alpha value is -3.72. The van der Waals surface area contributed by atoms with Crippen LogP contribution in [0, 0.1) is 0 Å². The van der Waals surface area contributed by atoms with Gasteiger partial charge in [0.1, 0.15) is 6.10 Å². The first-order valence-electron chi connectivity index (χ1n) is 13.9. The first-order valence-corrected chi connectivity index (χ1v) is 14.3. The van der Waals surface area contributed by atoms with E-state index in [2.05, 4.69) is 5.32 Å². The zero-order valence-corrected chi connectivity index (χ0v) is 24.4. The second-order valence-corrected chi connectivity index (χ2v) is 10.4. The number of ether oxygens (including phenoxy) is 1. The molecule has 2 amide bonds. The van der Waals surface area contributed by atoms with Crippen molar-refractivity contribution >= 4 is 29.4 Å². The molecule has 0 aliphatic rings. The van der Waals surface area contributed by atoms with Crippen molar-refractivity contribution in [2.24, 2.45) is 11.5 Å². The van der Waals surface area contributed by atoms with Crippen molar-refractivity contribution in [3.05, 3.63) is 106 Å². The van der Waals surface area contributed by atoms with Gasteiger partial charge >= 0.3 is 5.97 Å². The number of nitrogens with zero attached hydrogens (tertiary/aromatic N) is 1. The maximum Gasteiger partial charge on any atom is 0.338 e. The van der Waals surface area contributed by atoms with Crippen LogP contribution in [0.3, 0.4) is 0 Å². The lowest BCUT2D eigenvalue weighted by Gasteiger charge is -2.25. The zero-order valence-electron chi connectivity index (χ0n) is 23.6. The van der Waals surface area contributed by atoms with E-state index in [9.17, 15) is 14.4 Å². The average Bonchev–Trinajstić information content (AvgIpc) is 2.97. The average molecular weight is 579 g/mol. The fourth-order valence-corrected chi connectivity index (χ4v) is 4.64. The lowest BCUT2D eigenvalue weighted by atomic mass is 10.0. The molecule has 0 saturated heterocycles. The van der Waals surface area contributed by atoms with Crippen LogP contribution < -0.4 is 16.8 Å². The molecular formula is C32H39ClN4O4. The molecule has 41 heavy (non-hydrogen) atoms. The van der Waals surface area contributed by atoms with Crippen LogP contribution in [0.1, 0.15) is 68.9 Å². The molecule has 0 aromatic heterocycles. The molecule has 218 valence electrons. The van der Waals surface area contributed by atoms with Gasteiger partial charge in [0.15, 0.2) is 0 Å². The molecule has 3 rings (SSSR count). The molecule has 3 aromatic carbocycles. The van der Waals surface area contributed by atoms with Crippen LogP contribution in [-0.4, -0.2) is 54.5 Å². The molecule has 0 spiro atoms. The molecule has 0 bridgehead atoms. The Kier molecular flexibility index (Phi) is 12.3. The highest BCUT2D eigenvalue weighted by Gasteiger charge is 2.25. The van der Waals surface area contributed by atoms with E-state index in [1.54, 1.807) is 17.0 Å². The number of esters is 1. The fraction of sp³-hybridized carbons (Fsp3) is 0.344. The molecule has 0 saturated carbocycles. The molecule has 3 aromatic rings. The number of hydrogen-bond acceptors (Lipinski definition) is 6. The third kappa shape index (κ3) is 9.70. The summed E-state index contributed by atoms with van der Waals surface area (Å²) in [5.41, 5.74) is 14.5. The number of amides is 2. The van der Waals surface area contributed by atoms with Gasteiger partial charge in [-0.1, -0.05) is 67.9 Å². The molecule has 5 N–H and O–H groups in total. The Morgan fingerprint density at radius 3 is 2.10 bits per heavy atom. The number of halogens is 1. The molecule has 0 fully saturated rings. The first kappa shape index (κ1) is 31.8. The minimum atomic E-state index is -0.744. The van der Waals surface area contributed by atoms with Crippen LogP contribution in [0.25, 0.3) is 0 Å². The van der Waals surface area contributed by atoms with Crippen molar-refractivity contribution in [1.82, 2.24) is 10.2 Å². The minimum Gasteiger partial charge on any atom is -0.456 e. The quantitative estimate of drug-likeness (QED) is 0.226. The summed E-state index contributed by atoms with van der Waals surface area (Å²) in [5.74, 6) is -1.71. The Labute approximate surface area is 247 Å². The van der Waals surface area contributed by atoms with E-state index in [0.717, 1.165) is 24.0 Å². The van der Waals surface area contributed by atoms with Gasteiger partial charge in [0.25, 0.3) is 5.91 Å². The van der Waals surface area contributed by atoms with Gasteiger partial charge in [0.05, 0.1) is 5.56 Å². The number of hydrogen-bond donors (Lipinski definition) is 3. The highest BCUT2D eigenvalue weighted by atomic mass is 35.5. The molecule has 0 unspecified atom stereocenters. The monoisotopic (exact) mass is 578 g/mol. The maximum absolute atomic E-state index is 13.5. The smallest absolute Gasteiger partial charge is 0.338 e. The van der Waals surface area contributed by atoms with E-state index in [-0.39, 0.29) is 29.1 Å². The van der Waals surface area contributed by atoms with Gasteiger partial charge in [0, 0.05) is 48.4 Å². The fourth-order valence-electron chi connectivity index (χ4n) is 4.51. The van der Waals surface area contributed by atoms with Gasteiger partial charge in [-0.15, -0.1) is 0 Å². The number of nitrogens with one attached hydrogen (secondary N) is 1. The second kappa shape index (κ2) is 15.9. The van der Waals surface area contributed by atoms with Crippen molar-refractivity contribution in [1.29, 1.82) is 0 Å². The molecule has 8 nitrogen and oxygen atoms in total. The highest BCUT2D eigenvalue weighted by Crippen LogP contribution is 2.17. The topological polar surface area (TPSA) is 128 Å². The van der Waals surface area contributed by atoms with E-state index in [0.29, 0.717) is 31.1 Å². The normalized spacial score (nSPS) is 12.4. The number of benzene rings is 3. The number of nitrogens with two attached hydrogens (primary N) is 2. The third-order valence-electron chi connectivity index (χ3n) is 6.61. The standard InChI is InChI=1S/C32H39ClN4O4/c1-3-14-37(15-4-2)31(39)25-17-24(30(35)38)18-26(19-25)32(40)41-29(21-36-20-23-8-6-5-7-9-23)28(34)16-22-10-12-27(33)13-11-22/h5-13,17-19,28-29,36H,3-4,14-16,20-21,34H2,1-2H3,(H2,35,38)/t28-,29+/m0/s1. The van der Waals surface area contributed by atoms with E-state index in [4.69, 9.17) is 27.8 Å². The van der Waals surface area contributed by atoms with Gasteiger partial charge in [-0.3, -0.25) is 9.59 Å². The number of rotatable bonds is 15. The van der Waals surface area contributed by atoms with Gasteiger partial charge in [-0.2, -0.15) is 0 Å². The lowest BCUT2D eigenvalue weighted by molar-refractivity contribution is 0.0238. The van der Waals surface area contributed by atoms with E-state index in [1.165, 1.54) is 18.2 Å². The summed E-state index contributed by atoms with van der Waals surface area (Å²) >= 11 is 6.03. The predicted octanol–water partition coefficient (Wildman–Crippen LogP) is 4.59. The van der Waals surface area contributed by atoms with E-state index >= 15 is 0 Å². The molecule has 0 aliphatic heterocycles. The molecule has 2 atom stereocenters. The molecular weight excluding hydrogens is 540 g/mol. The number of carbonyl (C=O) groups excluding carboxylic acids is 3. The third-order valence-corrected chi connectivity index (χ3v) is 6.86. The SMILES string of the molecule is CCCN(CCC)C(=O)c1cc(C(N)=O)cc(C(=O)O[C@H](CNCc2ccccc2)[C@@H](N)Cc2ccc(Cl)cc2)c1. The molecule has 0 heterocycles. The second-order valence-electron chi connectivity index (χ2n) is 10.0. The van der Waals surface area contributed by atoms with Crippen LogP contribution in [0.5, 0.6) is 0 Å². The zero-order chi connectivity index (χ0) is 29.8. The number of carbonyl (C=O) groups is 3. The molecule has 9 heteroatoms. The van der Waals surface area contributed by atoms with Gasteiger partial charge < -0.3 is 26.4 Å².